The van der Waals surface area contributed by atoms with Crippen LogP contribution in [0.5, 0.6) is 0 Å². The molecule has 6 N–H and O–H groups in total. The zero-order valence-corrected chi connectivity index (χ0v) is 31.8. The molecule has 0 aromatic heterocycles. The Hall–Kier alpha value is -5.02. The molecule has 0 bridgehead atoms. The van der Waals surface area contributed by atoms with E-state index in [1.807, 2.05) is 52.0 Å². The summed E-state index contributed by atoms with van der Waals surface area (Å²) in [5.41, 5.74) is 10.7. The normalized spacial score (nSPS) is 21.0. The maximum absolute atomic E-state index is 13.9. The van der Waals surface area contributed by atoms with Crippen molar-refractivity contribution < 1.29 is 39.0 Å². The summed E-state index contributed by atoms with van der Waals surface area (Å²) in [7, 11) is -10.0. The van der Waals surface area contributed by atoms with Crippen molar-refractivity contribution in [2.75, 3.05) is 0 Å². The van der Waals surface area contributed by atoms with Gasteiger partial charge in [0.2, 0.25) is 2.82 Å². The maximum atomic E-state index is 13.9. The Balaban J connectivity index is 1.66. The van der Waals surface area contributed by atoms with Gasteiger partial charge in [-0.25, -0.2) is 11.0 Å². The molecule has 0 spiro atoms. The summed E-state index contributed by atoms with van der Waals surface area (Å²) in [6, 6.07) is 20.0. The van der Waals surface area contributed by atoms with Crippen LogP contribution in [0, 0.1) is 11.0 Å². The average molecular weight is 771 g/mol. The van der Waals surface area contributed by atoms with E-state index >= 15 is 0 Å². The molecule has 2 unspecified atom stereocenters. The van der Waals surface area contributed by atoms with Crippen molar-refractivity contribution in [2.24, 2.45) is 10.2 Å². The predicted octanol–water partition coefficient (Wildman–Crippen LogP) is 9.19. The van der Waals surface area contributed by atoms with Crippen molar-refractivity contribution in [2.45, 2.75) is 75.7 Å². The minimum Gasteiger partial charge on any atom is -0.505 e. The molecule has 282 valence electrons. The van der Waals surface area contributed by atoms with Gasteiger partial charge in [-0.15, -0.1) is 0 Å². The molecular weight excluding hydrogens is 729 g/mol. The summed E-state index contributed by atoms with van der Waals surface area (Å²) in [4.78, 5) is 0. The van der Waals surface area contributed by atoms with Crippen LogP contribution in [0.25, 0.3) is 22.6 Å². The molecular formula is C40H42N4O8S2. The van der Waals surface area contributed by atoms with Gasteiger partial charge in [0.1, 0.15) is 22.9 Å². The average Bonchev–Trinajstić information content (AvgIpc) is 3.18. The molecule has 14 heteroatoms. The summed E-state index contributed by atoms with van der Waals surface area (Å²) in [6.45, 7) is 7.43. The van der Waals surface area contributed by atoms with Crippen LogP contribution in [0.3, 0.4) is 0 Å². The molecule has 0 saturated heterocycles. The van der Waals surface area contributed by atoms with Crippen LogP contribution < -0.4 is 0 Å². The minimum absolute atomic E-state index is 0.135. The lowest BCUT2D eigenvalue weighted by Gasteiger charge is -2.39. The van der Waals surface area contributed by atoms with Crippen molar-refractivity contribution in [3.63, 3.8) is 0 Å². The van der Waals surface area contributed by atoms with Crippen LogP contribution in [0.4, 0.5) is 0 Å². The van der Waals surface area contributed by atoms with Crippen molar-refractivity contribution in [3.8, 4) is 11.1 Å². The Bertz CT molecular complexity index is 2380. The SMILES string of the molecule is [H]/N=N/C1=C(O)c2ccccc2C(c2c(CC)cc(-c3cc(CC)c(C4(S(=O)(=O)O)CC(/N=N/[H])=C(O)c5ccccc54)c(CC)c3)cc2CC)(S(=O)(=O)O)C1. The van der Waals surface area contributed by atoms with Gasteiger partial charge in [-0.2, -0.15) is 27.1 Å². The quantitative estimate of drug-likeness (QED) is 0.0636. The minimum atomic E-state index is -5.00. The van der Waals surface area contributed by atoms with E-state index < -0.39 is 42.6 Å². The lowest BCUT2D eigenvalue weighted by atomic mass is 9.73. The highest BCUT2D eigenvalue weighted by atomic mass is 32.2. The Morgan fingerprint density at radius 2 is 0.926 bits per heavy atom. The Kier molecular flexibility index (Phi) is 9.33. The van der Waals surface area contributed by atoms with Crippen LogP contribution in [-0.2, 0) is 55.4 Å². The fraction of sp³-hybridized carbons (Fsp3) is 0.300. The Labute approximate surface area is 317 Å². The number of hydrogen-bond donors (Lipinski definition) is 6. The van der Waals surface area contributed by atoms with Crippen molar-refractivity contribution in [1.82, 2.24) is 0 Å². The summed E-state index contributed by atoms with van der Waals surface area (Å²) in [5.74, 6) is -0.682. The van der Waals surface area contributed by atoms with Gasteiger partial charge in [0.15, 0.2) is 9.49 Å². The second-order valence-corrected chi connectivity index (χ2v) is 16.9. The molecule has 2 aliphatic rings. The molecule has 2 aliphatic carbocycles. The molecule has 0 radical (unpaired) electrons. The largest absolute Gasteiger partial charge is 0.505 e. The van der Waals surface area contributed by atoms with Crippen LogP contribution in [0.2, 0.25) is 2.82 Å². The van der Waals surface area contributed by atoms with Crippen LogP contribution in [0.1, 0.15) is 96.2 Å². The Morgan fingerprint density at radius 3 is 1.20 bits per heavy atom. The van der Waals surface area contributed by atoms with Crippen LogP contribution >= 0.6 is 0 Å². The molecule has 0 heterocycles. The van der Waals surface area contributed by atoms with E-state index in [0.29, 0.717) is 70.2 Å². The number of rotatable bonds is 11. The molecule has 2 atom stereocenters. The number of fused-ring (bicyclic) bond motifs is 2. The zero-order chi connectivity index (χ0) is 40.8. The fourth-order valence-electron chi connectivity index (χ4n) is 8.58. The molecule has 4 aromatic carbocycles. The zero-order valence-electron chi connectivity index (χ0n) is 32.2. The molecule has 54 heavy (non-hydrogen) atoms. The van der Waals surface area contributed by atoms with Gasteiger partial charge in [-0.3, -0.25) is 9.11 Å². The van der Waals surface area contributed by atoms with Gasteiger partial charge in [-0.1, -0.05) is 100 Å². The first-order chi connectivity index (χ1) is 26.6. The predicted molar refractivity (Wildman–Crippen MR) is 206 cm³/mol. The first-order valence-corrected chi connectivity index (χ1v) is 20.5. The lowest BCUT2D eigenvalue weighted by molar-refractivity contribution is 0.428. The smallest absolute Gasteiger partial charge is 0.279 e. The molecule has 12 nitrogen and oxygen atoms in total. The van der Waals surface area contributed by atoms with Crippen molar-refractivity contribution >= 4 is 31.8 Å². The molecule has 0 aliphatic heterocycles. The van der Waals surface area contributed by atoms with Crippen LogP contribution in [0.15, 0.2) is 94.4 Å². The maximum Gasteiger partial charge on any atom is 0.279 e. The van der Waals surface area contributed by atoms with Crippen molar-refractivity contribution in [3.05, 3.63) is 140 Å². The third-order valence-corrected chi connectivity index (χ3v) is 13.9. The van der Waals surface area contributed by atoms with Crippen LogP contribution in [-0.4, -0.2) is 36.2 Å². The van der Waals surface area contributed by atoms with E-state index in [2.05, 4.69) is 21.3 Å². The van der Waals surface area contributed by atoms with Gasteiger partial charge in [0.05, 0.1) is 0 Å². The second kappa shape index (κ2) is 14.0. The summed E-state index contributed by atoms with van der Waals surface area (Å²) < 4.78 is 88.5. The number of hydrogen-bond acceptors (Lipinski definition) is 10. The van der Waals surface area contributed by atoms with Gasteiger partial charge in [-0.05, 0) is 81.3 Å². The highest BCUT2D eigenvalue weighted by Crippen LogP contribution is 2.54. The third-order valence-electron chi connectivity index (χ3n) is 11.0. The van der Waals surface area contributed by atoms with Gasteiger partial charge >= 0.3 is 0 Å². The van der Waals surface area contributed by atoms with E-state index in [1.165, 1.54) is 12.1 Å². The highest BCUT2D eigenvalue weighted by molar-refractivity contribution is 7.87. The Morgan fingerprint density at radius 1 is 0.611 bits per heavy atom. The second-order valence-electron chi connectivity index (χ2n) is 13.6. The first kappa shape index (κ1) is 36.0. The summed E-state index contributed by atoms with van der Waals surface area (Å²) >= 11 is 0. The van der Waals surface area contributed by atoms with E-state index in [4.69, 9.17) is 2.82 Å². The molecule has 4 aromatic rings. The number of allylic oxidation sites excluding steroid dienone is 2. The molecule has 0 fully saturated rings. The van der Waals surface area contributed by atoms with E-state index in [-0.39, 0.29) is 45.2 Å². The molecule has 6 rings (SSSR count). The van der Waals surface area contributed by atoms with Gasteiger partial charge < -0.3 is 10.2 Å². The first-order valence-electron chi connectivity index (χ1n) is 18.5. The third kappa shape index (κ3) is 5.62. The number of aryl methyl sites for hydroxylation is 4. The summed E-state index contributed by atoms with van der Waals surface area (Å²) in [6.07, 6.45) is 0.321. The number of nitrogens with one attached hydrogen (secondary N) is 2. The van der Waals surface area contributed by atoms with Crippen molar-refractivity contribution in [1.29, 1.82) is 11.0 Å². The monoisotopic (exact) mass is 770 g/mol. The number of benzene rings is 4. The standard InChI is InChI=1S/C40H42N4O8S2/c1-5-23-17-27(18-24(6-2)35(23)39(53(47,48)49)21-33(43-41)37(45)29-13-9-11-15-31(29)39)28-19-25(7-3)36(26(8-4)20-28)40(54(50,51)52)22-34(44-42)38(46)30-14-10-12-16-32(30)40/h9-20,41-42,45-46H,5-8,21-22H2,1-4H3,(H,47,48,49)(H,50,51,52)/b43-41+,44-42+. The molecule has 0 saturated carbocycles. The van der Waals surface area contributed by atoms with E-state index in [1.54, 1.807) is 36.4 Å². The lowest BCUT2D eigenvalue weighted by Crippen LogP contribution is -2.42. The number of aliphatic hydroxyl groups is 2. The molecule has 0 amide bonds. The fourth-order valence-corrected chi connectivity index (χ4v) is 11.2. The van der Waals surface area contributed by atoms with Gasteiger partial charge in [0, 0.05) is 24.0 Å². The van der Waals surface area contributed by atoms with E-state index in [9.17, 15) is 36.2 Å². The van der Waals surface area contributed by atoms with Gasteiger partial charge in [0.25, 0.3) is 20.2 Å². The number of aliphatic hydroxyl groups excluding tert-OH is 2. The highest BCUT2D eigenvalue weighted by Gasteiger charge is 2.55. The summed E-state index contributed by atoms with van der Waals surface area (Å²) in [5, 5.41) is 29.8. The topological polar surface area (TPSA) is 222 Å². The van der Waals surface area contributed by atoms with E-state index in [0.717, 1.165) is 0 Å². The number of nitrogens with zero attached hydrogens (tertiary/aromatic N) is 2.